The van der Waals surface area contributed by atoms with E-state index in [4.69, 9.17) is 14.4 Å². The third kappa shape index (κ3) is 2.08. The fourth-order valence-corrected chi connectivity index (χ4v) is 4.60. The molecule has 23 heavy (non-hydrogen) atoms. The van der Waals surface area contributed by atoms with Crippen LogP contribution in [-0.2, 0) is 24.0 Å². The van der Waals surface area contributed by atoms with Crippen LogP contribution in [0.4, 0.5) is 0 Å². The van der Waals surface area contributed by atoms with Gasteiger partial charge in [-0.05, 0) is 31.3 Å². The fraction of sp³-hybridized carbons (Fsp3) is 0.647. The lowest BCUT2D eigenvalue weighted by atomic mass is 9.51. The molecule has 5 atom stereocenters. The van der Waals surface area contributed by atoms with E-state index in [1.54, 1.807) is 0 Å². The highest BCUT2D eigenvalue weighted by molar-refractivity contribution is 5.91. The first-order valence-electron chi connectivity index (χ1n) is 7.83. The summed E-state index contributed by atoms with van der Waals surface area (Å²) in [6.07, 6.45) is 1.16. The molecule has 6 nitrogen and oxygen atoms in total. The van der Waals surface area contributed by atoms with Crippen molar-refractivity contribution in [2.75, 3.05) is 0 Å². The molecular formula is C17H22O6. The molecule has 126 valence electrons. The zero-order valence-corrected chi connectivity index (χ0v) is 13.5. The summed E-state index contributed by atoms with van der Waals surface area (Å²) in [5, 5.41) is 9.78. The van der Waals surface area contributed by atoms with Gasteiger partial charge in [0.05, 0.1) is 0 Å². The predicted molar refractivity (Wildman–Crippen MR) is 80.2 cm³/mol. The largest absolute Gasteiger partial charge is 0.462 e. The first kappa shape index (κ1) is 16.2. The van der Waals surface area contributed by atoms with Crippen LogP contribution in [0.15, 0.2) is 24.3 Å². The maximum absolute atomic E-state index is 11.9. The molecule has 1 saturated heterocycles. The molecule has 3 rings (SSSR count). The second-order valence-electron chi connectivity index (χ2n) is 7.06. The number of hydrogen-bond donors (Lipinski definition) is 1. The normalized spacial score (nSPS) is 42.7. The Labute approximate surface area is 135 Å². The van der Waals surface area contributed by atoms with Gasteiger partial charge in [-0.25, -0.2) is 9.68 Å². The summed E-state index contributed by atoms with van der Waals surface area (Å²) in [5.41, 5.74) is -0.662. The molecule has 2 saturated carbocycles. The highest BCUT2D eigenvalue weighted by atomic mass is 17.1. The first-order chi connectivity index (χ1) is 10.7. The highest BCUT2D eigenvalue weighted by Crippen LogP contribution is 2.61. The van der Waals surface area contributed by atoms with E-state index in [1.807, 2.05) is 6.92 Å². The topological polar surface area (TPSA) is 82.1 Å². The zero-order valence-electron chi connectivity index (χ0n) is 13.5. The molecule has 0 aromatic heterocycles. The summed E-state index contributed by atoms with van der Waals surface area (Å²) in [6.45, 7) is 11.1. The minimum absolute atomic E-state index is 0.226. The van der Waals surface area contributed by atoms with Crippen molar-refractivity contribution < 1.29 is 29.2 Å². The smallest absolute Gasteiger partial charge is 0.334 e. The summed E-state index contributed by atoms with van der Waals surface area (Å²) >= 11 is 0. The van der Waals surface area contributed by atoms with E-state index in [9.17, 15) is 14.8 Å². The lowest BCUT2D eigenvalue weighted by molar-refractivity contribution is -0.367. The summed E-state index contributed by atoms with van der Waals surface area (Å²) in [5.74, 6) is -1.02. The molecule has 1 heterocycles. The number of rotatable bonds is 2. The molecule has 0 spiro atoms. The Balaban J connectivity index is 2.04. The third-order valence-corrected chi connectivity index (χ3v) is 5.93. The molecule has 3 aliphatic rings. The molecule has 2 aliphatic carbocycles. The molecule has 1 N–H and O–H groups in total. The second kappa shape index (κ2) is 5.18. The van der Waals surface area contributed by atoms with Crippen molar-refractivity contribution in [3.8, 4) is 0 Å². The lowest BCUT2D eigenvalue weighted by Crippen LogP contribution is -2.64. The van der Waals surface area contributed by atoms with Crippen LogP contribution in [0, 0.1) is 11.3 Å². The van der Waals surface area contributed by atoms with Crippen LogP contribution in [0.5, 0.6) is 0 Å². The zero-order chi connectivity index (χ0) is 17.0. The van der Waals surface area contributed by atoms with Crippen molar-refractivity contribution in [2.24, 2.45) is 11.3 Å². The molecule has 5 unspecified atom stereocenters. The molecule has 1 aliphatic heterocycles. The van der Waals surface area contributed by atoms with Crippen molar-refractivity contribution in [3.63, 3.8) is 0 Å². The van der Waals surface area contributed by atoms with Gasteiger partial charge in [-0.3, -0.25) is 10.1 Å². The van der Waals surface area contributed by atoms with Crippen LogP contribution in [0.25, 0.3) is 0 Å². The fourth-order valence-electron chi connectivity index (χ4n) is 4.60. The minimum atomic E-state index is -1.08. The average molecular weight is 322 g/mol. The molecule has 0 radical (unpaired) electrons. The Morgan fingerprint density at radius 3 is 2.70 bits per heavy atom. The lowest BCUT2D eigenvalue weighted by Gasteiger charge is -2.58. The van der Waals surface area contributed by atoms with Gasteiger partial charge < -0.3 is 9.47 Å². The van der Waals surface area contributed by atoms with Crippen LogP contribution >= 0.6 is 0 Å². The molecule has 0 bridgehead atoms. The van der Waals surface area contributed by atoms with E-state index in [1.165, 1.54) is 6.92 Å². The SMILES string of the molecule is C=C1C(=O)OC2CC3(C)C(OC(C)=O)CCC(=C)C3(OO)CC12. The minimum Gasteiger partial charge on any atom is -0.462 e. The van der Waals surface area contributed by atoms with E-state index in [0.29, 0.717) is 31.3 Å². The summed E-state index contributed by atoms with van der Waals surface area (Å²) < 4.78 is 10.9. The molecule has 6 heteroatoms. The van der Waals surface area contributed by atoms with E-state index < -0.39 is 23.1 Å². The van der Waals surface area contributed by atoms with Gasteiger partial charge in [0.2, 0.25) is 0 Å². The molecular weight excluding hydrogens is 300 g/mol. The van der Waals surface area contributed by atoms with Gasteiger partial charge in [-0.1, -0.05) is 20.1 Å². The third-order valence-electron chi connectivity index (χ3n) is 5.93. The predicted octanol–water partition coefficient (Wildman–Crippen LogP) is 2.39. The first-order valence-corrected chi connectivity index (χ1v) is 7.83. The molecule has 0 aromatic rings. The van der Waals surface area contributed by atoms with Gasteiger partial charge in [-0.2, -0.15) is 0 Å². The van der Waals surface area contributed by atoms with Crippen molar-refractivity contribution in [3.05, 3.63) is 24.3 Å². The van der Waals surface area contributed by atoms with E-state index >= 15 is 0 Å². The number of fused-ring (bicyclic) bond motifs is 2. The van der Waals surface area contributed by atoms with Crippen LogP contribution < -0.4 is 0 Å². The Morgan fingerprint density at radius 1 is 1.39 bits per heavy atom. The standard InChI is InChI=1S/C17H22O6/c1-9-5-6-14(21-11(3)18)16(4)8-13-12(7-17(9,16)23-20)10(2)15(19)22-13/h12-14,20H,1-2,5-8H2,3-4H3. The average Bonchev–Trinajstić information content (AvgIpc) is 2.74. The maximum Gasteiger partial charge on any atom is 0.334 e. The van der Waals surface area contributed by atoms with Gasteiger partial charge in [0.1, 0.15) is 17.8 Å². The van der Waals surface area contributed by atoms with Crippen LogP contribution in [0.2, 0.25) is 0 Å². The van der Waals surface area contributed by atoms with Crippen molar-refractivity contribution in [1.29, 1.82) is 0 Å². The van der Waals surface area contributed by atoms with Crippen molar-refractivity contribution >= 4 is 11.9 Å². The van der Waals surface area contributed by atoms with Gasteiger partial charge in [0.25, 0.3) is 0 Å². The van der Waals surface area contributed by atoms with E-state index in [-0.39, 0.29) is 18.0 Å². The number of carbonyl (C=O) groups excluding carboxylic acids is 2. The summed E-state index contributed by atoms with van der Waals surface area (Å²) in [7, 11) is 0. The van der Waals surface area contributed by atoms with Gasteiger partial charge in [0.15, 0.2) is 0 Å². The molecule has 0 amide bonds. The molecule has 0 aromatic carbocycles. The Hall–Kier alpha value is -1.66. The van der Waals surface area contributed by atoms with Crippen LogP contribution in [-0.4, -0.2) is 35.0 Å². The Bertz CT molecular complexity index is 596. The summed E-state index contributed by atoms with van der Waals surface area (Å²) in [6, 6.07) is 0. The second-order valence-corrected chi connectivity index (χ2v) is 7.06. The summed E-state index contributed by atoms with van der Waals surface area (Å²) in [4.78, 5) is 28.3. The Morgan fingerprint density at radius 2 is 2.09 bits per heavy atom. The Kier molecular flexibility index (Phi) is 3.65. The van der Waals surface area contributed by atoms with Crippen LogP contribution in [0.3, 0.4) is 0 Å². The highest BCUT2D eigenvalue weighted by Gasteiger charge is 2.66. The van der Waals surface area contributed by atoms with E-state index in [2.05, 4.69) is 13.2 Å². The van der Waals surface area contributed by atoms with Crippen LogP contribution in [0.1, 0.15) is 39.5 Å². The van der Waals surface area contributed by atoms with Gasteiger partial charge >= 0.3 is 11.9 Å². The number of ether oxygens (including phenoxy) is 2. The van der Waals surface area contributed by atoms with Gasteiger partial charge in [-0.15, -0.1) is 0 Å². The number of esters is 2. The van der Waals surface area contributed by atoms with Gasteiger partial charge in [0, 0.05) is 23.8 Å². The molecule has 3 fully saturated rings. The quantitative estimate of drug-likeness (QED) is 0.276. The van der Waals surface area contributed by atoms with E-state index in [0.717, 1.165) is 5.57 Å². The monoisotopic (exact) mass is 322 g/mol. The van der Waals surface area contributed by atoms with Crippen molar-refractivity contribution in [1.82, 2.24) is 0 Å². The number of carbonyl (C=O) groups is 2. The van der Waals surface area contributed by atoms with Crippen molar-refractivity contribution in [2.45, 2.75) is 57.3 Å². The maximum atomic E-state index is 11.9. The number of hydrogen-bond acceptors (Lipinski definition) is 6.